The van der Waals surface area contributed by atoms with Crippen molar-refractivity contribution in [2.24, 2.45) is 0 Å². The fourth-order valence-electron chi connectivity index (χ4n) is 3.04. The zero-order valence-electron chi connectivity index (χ0n) is 12.3. The number of H-pyrrole nitrogens is 1. The molecule has 0 saturated heterocycles. The van der Waals surface area contributed by atoms with Gasteiger partial charge < -0.3 is 4.98 Å². The highest BCUT2D eigenvalue weighted by atomic mass is 16.1. The van der Waals surface area contributed by atoms with Gasteiger partial charge in [-0.1, -0.05) is 12.1 Å². The lowest BCUT2D eigenvalue weighted by atomic mass is 10.1. The molecule has 3 aromatic rings. The third-order valence-corrected chi connectivity index (χ3v) is 4.05. The van der Waals surface area contributed by atoms with E-state index in [2.05, 4.69) is 33.3 Å². The van der Waals surface area contributed by atoms with Crippen molar-refractivity contribution in [3.63, 3.8) is 0 Å². The van der Waals surface area contributed by atoms with Crippen LogP contribution in [0.2, 0.25) is 0 Å². The van der Waals surface area contributed by atoms with Gasteiger partial charge in [0.1, 0.15) is 5.82 Å². The van der Waals surface area contributed by atoms with E-state index >= 15 is 0 Å². The summed E-state index contributed by atoms with van der Waals surface area (Å²) in [5.74, 6) is 1.34. The standard InChI is InChI=1S/C17H16N4O/c1-11-18-17(15-6-3-7-16(22)19-15)21(20-11)14-9-8-12-4-2-5-13(12)10-14/h3,6-10H,2,4-5H2,1H3,(H,19,22). The number of nitrogens with zero attached hydrogens (tertiary/aromatic N) is 3. The molecule has 0 saturated carbocycles. The topological polar surface area (TPSA) is 63.6 Å². The zero-order chi connectivity index (χ0) is 15.1. The smallest absolute Gasteiger partial charge is 0.248 e. The van der Waals surface area contributed by atoms with Gasteiger partial charge >= 0.3 is 0 Å². The summed E-state index contributed by atoms with van der Waals surface area (Å²) >= 11 is 0. The number of aromatic amines is 1. The molecule has 1 aliphatic rings. The lowest BCUT2D eigenvalue weighted by molar-refractivity contribution is 0.862. The first-order valence-electron chi connectivity index (χ1n) is 7.46. The molecule has 0 amide bonds. The van der Waals surface area contributed by atoms with E-state index in [0.717, 1.165) is 18.5 Å². The molecule has 5 heteroatoms. The predicted octanol–water partition coefficient (Wildman–Crippen LogP) is 2.42. The van der Waals surface area contributed by atoms with Crippen molar-refractivity contribution in [1.82, 2.24) is 19.7 Å². The Labute approximate surface area is 127 Å². The molecule has 0 fully saturated rings. The van der Waals surface area contributed by atoms with Gasteiger partial charge in [-0.25, -0.2) is 9.67 Å². The fraction of sp³-hybridized carbons (Fsp3) is 0.235. The summed E-state index contributed by atoms with van der Waals surface area (Å²) in [4.78, 5) is 18.9. The van der Waals surface area contributed by atoms with Gasteiger partial charge in [-0.3, -0.25) is 4.79 Å². The quantitative estimate of drug-likeness (QED) is 0.789. The Morgan fingerprint density at radius 3 is 2.86 bits per heavy atom. The molecule has 0 unspecified atom stereocenters. The molecular formula is C17H16N4O. The molecule has 0 spiro atoms. The maximum absolute atomic E-state index is 11.6. The van der Waals surface area contributed by atoms with E-state index in [1.807, 2.05) is 13.0 Å². The number of fused-ring (bicyclic) bond motifs is 1. The van der Waals surface area contributed by atoms with Gasteiger partial charge in [-0.2, -0.15) is 5.10 Å². The van der Waals surface area contributed by atoms with Crippen molar-refractivity contribution >= 4 is 0 Å². The highest BCUT2D eigenvalue weighted by Gasteiger charge is 2.16. The van der Waals surface area contributed by atoms with Crippen molar-refractivity contribution in [1.29, 1.82) is 0 Å². The average molecular weight is 292 g/mol. The fourth-order valence-corrected chi connectivity index (χ4v) is 3.04. The van der Waals surface area contributed by atoms with Crippen LogP contribution in [0.4, 0.5) is 0 Å². The van der Waals surface area contributed by atoms with Gasteiger partial charge in [0.05, 0.1) is 11.4 Å². The van der Waals surface area contributed by atoms with Crippen molar-refractivity contribution in [3.8, 4) is 17.2 Å². The monoisotopic (exact) mass is 292 g/mol. The number of rotatable bonds is 2. The molecule has 0 aliphatic heterocycles. The second-order valence-electron chi connectivity index (χ2n) is 5.63. The molecule has 5 nitrogen and oxygen atoms in total. The summed E-state index contributed by atoms with van der Waals surface area (Å²) in [5, 5.41) is 4.50. The Hall–Kier alpha value is -2.69. The minimum absolute atomic E-state index is 0.140. The highest BCUT2D eigenvalue weighted by Crippen LogP contribution is 2.26. The lowest BCUT2D eigenvalue weighted by Gasteiger charge is -2.08. The van der Waals surface area contributed by atoms with Gasteiger partial charge in [-0.15, -0.1) is 0 Å². The first kappa shape index (κ1) is 13.0. The van der Waals surface area contributed by atoms with Gasteiger partial charge in [-0.05, 0) is 55.5 Å². The SMILES string of the molecule is Cc1nc(-c2cccc(=O)[nH]2)n(-c2ccc3c(c2)CCC3)n1. The third-order valence-electron chi connectivity index (χ3n) is 4.05. The zero-order valence-corrected chi connectivity index (χ0v) is 12.3. The molecular weight excluding hydrogens is 276 g/mol. The molecule has 0 atom stereocenters. The molecule has 4 rings (SSSR count). The Morgan fingerprint density at radius 2 is 2.00 bits per heavy atom. The summed E-state index contributed by atoms with van der Waals surface area (Å²) in [6.07, 6.45) is 3.49. The van der Waals surface area contributed by atoms with Crippen molar-refractivity contribution in [3.05, 3.63) is 63.7 Å². The number of nitrogens with one attached hydrogen (secondary N) is 1. The van der Waals surface area contributed by atoms with Crippen LogP contribution in [-0.4, -0.2) is 19.7 Å². The van der Waals surface area contributed by atoms with Gasteiger partial charge in [0.15, 0.2) is 5.82 Å². The van der Waals surface area contributed by atoms with Crippen LogP contribution < -0.4 is 5.56 Å². The number of aromatic nitrogens is 4. The normalized spacial score (nSPS) is 13.3. The van der Waals surface area contributed by atoms with Crippen LogP contribution in [0, 0.1) is 6.92 Å². The predicted molar refractivity (Wildman–Crippen MR) is 84.2 cm³/mol. The van der Waals surface area contributed by atoms with Crippen molar-refractivity contribution in [2.75, 3.05) is 0 Å². The molecule has 2 heterocycles. The summed E-state index contributed by atoms with van der Waals surface area (Å²) in [7, 11) is 0. The maximum Gasteiger partial charge on any atom is 0.248 e. The van der Waals surface area contributed by atoms with E-state index in [-0.39, 0.29) is 5.56 Å². The number of hydrogen-bond acceptors (Lipinski definition) is 3. The molecule has 2 aromatic heterocycles. The Morgan fingerprint density at radius 1 is 1.14 bits per heavy atom. The molecule has 110 valence electrons. The van der Waals surface area contributed by atoms with Crippen LogP contribution in [0.25, 0.3) is 17.2 Å². The van der Waals surface area contributed by atoms with Crippen molar-refractivity contribution < 1.29 is 0 Å². The maximum atomic E-state index is 11.6. The minimum Gasteiger partial charge on any atom is -0.319 e. The highest BCUT2D eigenvalue weighted by molar-refractivity contribution is 5.54. The van der Waals surface area contributed by atoms with E-state index in [0.29, 0.717) is 17.3 Å². The second-order valence-corrected chi connectivity index (χ2v) is 5.63. The van der Waals surface area contributed by atoms with Gasteiger partial charge in [0.2, 0.25) is 5.56 Å². The van der Waals surface area contributed by atoms with Crippen LogP contribution in [0.5, 0.6) is 0 Å². The van der Waals surface area contributed by atoms with Crippen LogP contribution in [0.1, 0.15) is 23.4 Å². The minimum atomic E-state index is -0.140. The van der Waals surface area contributed by atoms with Crippen molar-refractivity contribution in [2.45, 2.75) is 26.2 Å². The summed E-state index contributed by atoms with van der Waals surface area (Å²) in [6, 6.07) is 11.5. The van der Waals surface area contributed by atoms with Gasteiger partial charge in [0, 0.05) is 6.07 Å². The largest absolute Gasteiger partial charge is 0.319 e. The van der Waals surface area contributed by atoms with Crippen LogP contribution >= 0.6 is 0 Å². The molecule has 1 aliphatic carbocycles. The molecule has 0 radical (unpaired) electrons. The lowest BCUT2D eigenvalue weighted by Crippen LogP contribution is -2.07. The van der Waals surface area contributed by atoms with Crippen LogP contribution in [0.3, 0.4) is 0 Å². The van der Waals surface area contributed by atoms with E-state index in [4.69, 9.17) is 0 Å². The number of hydrogen-bond donors (Lipinski definition) is 1. The number of benzene rings is 1. The number of aryl methyl sites for hydroxylation is 3. The third kappa shape index (κ3) is 2.15. The summed E-state index contributed by atoms with van der Waals surface area (Å²) in [6.45, 7) is 1.86. The molecule has 22 heavy (non-hydrogen) atoms. The van der Waals surface area contributed by atoms with E-state index in [1.165, 1.54) is 23.6 Å². The second kappa shape index (κ2) is 4.94. The Kier molecular flexibility index (Phi) is 2.92. The summed E-state index contributed by atoms with van der Waals surface area (Å²) in [5.41, 5.74) is 4.33. The first-order chi connectivity index (χ1) is 10.7. The van der Waals surface area contributed by atoms with E-state index in [9.17, 15) is 4.79 Å². The first-order valence-corrected chi connectivity index (χ1v) is 7.46. The average Bonchev–Trinajstić information content (AvgIpc) is 3.12. The van der Waals surface area contributed by atoms with E-state index in [1.54, 1.807) is 10.7 Å². The molecule has 1 N–H and O–H groups in total. The van der Waals surface area contributed by atoms with E-state index < -0.39 is 0 Å². The van der Waals surface area contributed by atoms with Crippen LogP contribution in [0.15, 0.2) is 41.2 Å². The van der Waals surface area contributed by atoms with Gasteiger partial charge in [0.25, 0.3) is 0 Å². The Bertz CT molecular complexity index is 907. The number of pyridine rings is 1. The summed E-state index contributed by atoms with van der Waals surface area (Å²) < 4.78 is 1.80. The van der Waals surface area contributed by atoms with Crippen LogP contribution in [-0.2, 0) is 12.8 Å². The Balaban J connectivity index is 1.88. The molecule has 0 bridgehead atoms. The molecule has 1 aromatic carbocycles.